The Kier molecular flexibility index (Phi) is 2.82. The molecule has 2 heterocycles. The number of hydrogen-bond acceptors (Lipinski definition) is 5. The number of aromatic nitrogens is 2. The molecule has 0 unspecified atom stereocenters. The van der Waals surface area contributed by atoms with E-state index in [2.05, 4.69) is 15.5 Å². The van der Waals surface area contributed by atoms with Crippen molar-refractivity contribution >= 4 is 0 Å². The zero-order valence-electron chi connectivity index (χ0n) is 8.78. The minimum Gasteiger partial charge on any atom is -0.469 e. The first-order valence-electron chi connectivity index (χ1n) is 4.89. The minimum atomic E-state index is 0.519. The van der Waals surface area contributed by atoms with E-state index in [0.29, 0.717) is 18.3 Å². The van der Waals surface area contributed by atoms with Crippen LogP contribution in [0.2, 0.25) is 0 Å². The molecule has 2 rings (SSSR count). The fourth-order valence-electron chi connectivity index (χ4n) is 1.40. The average Bonchev–Trinajstić information content (AvgIpc) is 2.84. The summed E-state index contributed by atoms with van der Waals surface area (Å²) in [6.07, 6.45) is 2.45. The predicted octanol–water partition coefficient (Wildman–Crippen LogP) is 1.61. The number of hydrogen-bond donors (Lipinski definition) is 1. The lowest BCUT2D eigenvalue weighted by molar-refractivity contribution is 0.419. The van der Waals surface area contributed by atoms with Crippen LogP contribution in [0.3, 0.4) is 0 Å². The van der Waals surface area contributed by atoms with Gasteiger partial charge in [0.15, 0.2) is 5.82 Å². The average molecular weight is 207 g/mol. The number of furan rings is 1. The summed E-state index contributed by atoms with van der Waals surface area (Å²) in [6.45, 7) is 2.62. The highest BCUT2D eigenvalue weighted by atomic mass is 16.5. The Hall–Kier alpha value is -1.62. The summed E-state index contributed by atoms with van der Waals surface area (Å²) in [6, 6.07) is 1.84. The van der Waals surface area contributed by atoms with Crippen LogP contribution in [0.4, 0.5) is 0 Å². The van der Waals surface area contributed by atoms with E-state index in [0.717, 1.165) is 17.7 Å². The number of nitrogens with zero attached hydrogens (tertiary/aromatic N) is 2. The molecule has 0 aliphatic heterocycles. The summed E-state index contributed by atoms with van der Waals surface area (Å²) in [4.78, 5) is 4.25. The van der Waals surface area contributed by atoms with Gasteiger partial charge in [-0.3, -0.25) is 0 Å². The van der Waals surface area contributed by atoms with Crippen molar-refractivity contribution in [1.29, 1.82) is 0 Å². The lowest BCUT2D eigenvalue weighted by Crippen LogP contribution is -2.06. The van der Waals surface area contributed by atoms with E-state index >= 15 is 0 Å². The second-order valence-corrected chi connectivity index (χ2v) is 3.16. The molecule has 0 fully saturated rings. The minimum absolute atomic E-state index is 0.519. The van der Waals surface area contributed by atoms with Gasteiger partial charge in [0, 0.05) is 6.42 Å². The van der Waals surface area contributed by atoms with Gasteiger partial charge >= 0.3 is 0 Å². The van der Waals surface area contributed by atoms with Gasteiger partial charge in [-0.25, -0.2) is 0 Å². The Morgan fingerprint density at radius 3 is 3.07 bits per heavy atom. The van der Waals surface area contributed by atoms with Gasteiger partial charge in [0.05, 0.1) is 18.4 Å². The molecule has 0 saturated carbocycles. The van der Waals surface area contributed by atoms with Crippen molar-refractivity contribution in [3.63, 3.8) is 0 Å². The third kappa shape index (κ3) is 1.92. The number of aryl methyl sites for hydroxylation is 1. The maximum atomic E-state index is 5.29. The van der Waals surface area contributed by atoms with E-state index in [9.17, 15) is 0 Å². The van der Waals surface area contributed by atoms with E-state index in [4.69, 9.17) is 8.94 Å². The molecule has 0 aromatic carbocycles. The largest absolute Gasteiger partial charge is 0.469 e. The summed E-state index contributed by atoms with van der Waals surface area (Å²) in [5.41, 5.74) is 0.882. The van der Waals surface area contributed by atoms with Crippen molar-refractivity contribution in [3.05, 3.63) is 23.9 Å². The molecule has 1 N–H and O–H groups in total. The van der Waals surface area contributed by atoms with Crippen LogP contribution in [0.1, 0.15) is 18.5 Å². The maximum absolute atomic E-state index is 5.29. The molecule has 5 nitrogen and oxygen atoms in total. The molecule has 2 aromatic rings. The molecule has 2 aromatic heterocycles. The quantitative estimate of drug-likeness (QED) is 0.825. The van der Waals surface area contributed by atoms with Crippen molar-refractivity contribution in [2.75, 3.05) is 7.05 Å². The highest BCUT2D eigenvalue weighted by molar-refractivity contribution is 5.55. The Balaban J connectivity index is 2.28. The molecular weight excluding hydrogens is 194 g/mol. The van der Waals surface area contributed by atoms with Crippen molar-refractivity contribution in [2.45, 2.75) is 19.9 Å². The topological polar surface area (TPSA) is 64.1 Å². The van der Waals surface area contributed by atoms with Gasteiger partial charge in [-0.1, -0.05) is 12.1 Å². The molecule has 80 valence electrons. The lowest BCUT2D eigenvalue weighted by atomic mass is 10.2. The van der Waals surface area contributed by atoms with Crippen LogP contribution < -0.4 is 5.32 Å². The number of rotatable bonds is 4. The van der Waals surface area contributed by atoms with Gasteiger partial charge in [-0.2, -0.15) is 4.98 Å². The predicted molar refractivity (Wildman–Crippen MR) is 54.1 cm³/mol. The van der Waals surface area contributed by atoms with Crippen LogP contribution in [-0.2, 0) is 13.0 Å². The van der Waals surface area contributed by atoms with Gasteiger partial charge in [0.2, 0.25) is 0 Å². The van der Waals surface area contributed by atoms with E-state index in [1.54, 1.807) is 6.26 Å². The fraction of sp³-hybridized carbons (Fsp3) is 0.400. The molecule has 0 aliphatic rings. The van der Waals surface area contributed by atoms with Gasteiger partial charge in [-0.15, -0.1) is 0 Å². The monoisotopic (exact) mass is 207 g/mol. The van der Waals surface area contributed by atoms with Crippen LogP contribution in [-0.4, -0.2) is 17.2 Å². The summed E-state index contributed by atoms with van der Waals surface area (Å²) < 4.78 is 10.4. The third-order valence-corrected chi connectivity index (χ3v) is 2.10. The smallest absolute Gasteiger partial charge is 0.261 e. The highest BCUT2D eigenvalue weighted by Gasteiger charge is 2.13. The van der Waals surface area contributed by atoms with Crippen LogP contribution in [0.25, 0.3) is 11.5 Å². The van der Waals surface area contributed by atoms with Crippen molar-refractivity contribution in [2.24, 2.45) is 0 Å². The molecule has 5 heteroatoms. The van der Waals surface area contributed by atoms with E-state index in [1.165, 1.54) is 0 Å². The highest BCUT2D eigenvalue weighted by Crippen LogP contribution is 2.23. The summed E-state index contributed by atoms with van der Waals surface area (Å²) in [7, 11) is 1.84. The van der Waals surface area contributed by atoms with Gasteiger partial charge < -0.3 is 14.3 Å². The Labute approximate surface area is 87.5 Å². The maximum Gasteiger partial charge on any atom is 0.261 e. The standard InChI is InChI=1S/C10H13N3O2/c1-3-8-7(4-5-14-8)10-12-9(6-11-2)13-15-10/h4-5,11H,3,6H2,1-2H3. The summed E-state index contributed by atoms with van der Waals surface area (Å²) in [5, 5.41) is 6.81. The lowest BCUT2D eigenvalue weighted by Gasteiger charge is -1.92. The summed E-state index contributed by atoms with van der Waals surface area (Å²) in [5.74, 6) is 2.04. The normalized spacial score (nSPS) is 10.8. The van der Waals surface area contributed by atoms with Crippen LogP contribution in [0.15, 0.2) is 21.3 Å². The third-order valence-electron chi connectivity index (χ3n) is 2.10. The molecule has 0 amide bonds. The van der Waals surface area contributed by atoms with E-state index < -0.39 is 0 Å². The fourth-order valence-corrected chi connectivity index (χ4v) is 1.40. The first-order valence-corrected chi connectivity index (χ1v) is 4.89. The molecule has 0 saturated heterocycles. The SMILES string of the molecule is CCc1occc1-c1nc(CNC)no1. The molecular formula is C10H13N3O2. The molecule has 0 aliphatic carbocycles. The van der Waals surface area contributed by atoms with Gasteiger partial charge in [0.1, 0.15) is 5.76 Å². The van der Waals surface area contributed by atoms with Crippen molar-refractivity contribution in [1.82, 2.24) is 15.5 Å². The van der Waals surface area contributed by atoms with Gasteiger partial charge in [-0.05, 0) is 13.1 Å². The summed E-state index contributed by atoms with van der Waals surface area (Å²) >= 11 is 0. The Morgan fingerprint density at radius 2 is 2.33 bits per heavy atom. The number of nitrogens with one attached hydrogen (secondary N) is 1. The van der Waals surface area contributed by atoms with Crippen LogP contribution in [0, 0.1) is 0 Å². The Bertz CT molecular complexity index is 433. The first-order chi connectivity index (χ1) is 7.35. The second-order valence-electron chi connectivity index (χ2n) is 3.16. The van der Waals surface area contributed by atoms with Crippen LogP contribution >= 0.6 is 0 Å². The van der Waals surface area contributed by atoms with Gasteiger partial charge in [0.25, 0.3) is 5.89 Å². The van der Waals surface area contributed by atoms with E-state index in [1.807, 2.05) is 20.0 Å². The first kappa shape index (κ1) is 9.92. The van der Waals surface area contributed by atoms with E-state index in [-0.39, 0.29) is 0 Å². The molecule has 0 atom stereocenters. The molecule has 0 bridgehead atoms. The molecule has 15 heavy (non-hydrogen) atoms. The Morgan fingerprint density at radius 1 is 1.47 bits per heavy atom. The second kappa shape index (κ2) is 4.27. The molecule has 0 spiro atoms. The zero-order valence-corrected chi connectivity index (χ0v) is 8.78. The van der Waals surface area contributed by atoms with Crippen LogP contribution in [0.5, 0.6) is 0 Å². The van der Waals surface area contributed by atoms with Crippen molar-refractivity contribution < 1.29 is 8.94 Å². The van der Waals surface area contributed by atoms with Crippen molar-refractivity contribution in [3.8, 4) is 11.5 Å². The zero-order chi connectivity index (χ0) is 10.7. The molecule has 0 radical (unpaired) electrons.